The largest absolute Gasteiger partial charge is 0.497 e. The van der Waals surface area contributed by atoms with Crippen molar-refractivity contribution in [3.63, 3.8) is 0 Å². The van der Waals surface area contributed by atoms with E-state index < -0.39 is 0 Å². The van der Waals surface area contributed by atoms with E-state index in [9.17, 15) is 4.79 Å². The summed E-state index contributed by atoms with van der Waals surface area (Å²) in [6.45, 7) is 2.09. The molecule has 1 amide bonds. The number of fused-ring (bicyclic) bond motifs is 1. The minimum Gasteiger partial charge on any atom is -0.497 e. The Kier molecular flexibility index (Phi) is 7.49. The quantitative estimate of drug-likeness (QED) is 0.406. The Morgan fingerprint density at radius 1 is 0.972 bits per heavy atom. The number of benzene rings is 2. The van der Waals surface area contributed by atoms with Crippen molar-refractivity contribution in [1.82, 2.24) is 14.9 Å². The summed E-state index contributed by atoms with van der Waals surface area (Å²) in [5.74, 6) is 2.63. The van der Waals surface area contributed by atoms with E-state index in [0.29, 0.717) is 5.75 Å². The van der Waals surface area contributed by atoms with Crippen molar-refractivity contribution in [2.75, 3.05) is 14.2 Å². The summed E-state index contributed by atoms with van der Waals surface area (Å²) in [6, 6.07) is 12.1. The lowest BCUT2D eigenvalue weighted by Gasteiger charge is -2.34. The molecule has 1 N–H and O–H groups in total. The molecule has 36 heavy (non-hydrogen) atoms. The molecule has 0 saturated heterocycles. The van der Waals surface area contributed by atoms with Gasteiger partial charge >= 0.3 is 0 Å². The van der Waals surface area contributed by atoms with Crippen LogP contribution in [0.3, 0.4) is 0 Å². The molecule has 6 nitrogen and oxygen atoms in total. The van der Waals surface area contributed by atoms with Crippen LogP contribution in [0.4, 0.5) is 0 Å². The van der Waals surface area contributed by atoms with Gasteiger partial charge in [-0.3, -0.25) is 4.79 Å². The molecule has 1 heterocycles. The number of methoxy groups -OCH3 is 2. The Balaban J connectivity index is 1.68. The van der Waals surface area contributed by atoms with Crippen molar-refractivity contribution < 1.29 is 14.3 Å². The van der Waals surface area contributed by atoms with Crippen LogP contribution >= 0.6 is 0 Å². The second kappa shape index (κ2) is 10.9. The highest BCUT2D eigenvalue weighted by Gasteiger charge is 2.36. The first-order valence-electron chi connectivity index (χ1n) is 13.6. The van der Waals surface area contributed by atoms with Gasteiger partial charge in [-0.15, -0.1) is 0 Å². The van der Waals surface area contributed by atoms with Crippen molar-refractivity contribution in [2.45, 2.75) is 83.2 Å². The number of carbonyl (C=O) groups excluding carboxylic acids is 1. The topological polar surface area (TPSA) is 65.4 Å². The molecule has 1 atom stereocenters. The average molecular weight is 490 g/mol. The summed E-state index contributed by atoms with van der Waals surface area (Å²) in [5, 5.41) is 3.47. The summed E-state index contributed by atoms with van der Waals surface area (Å²) in [5.41, 5.74) is 3.93. The standard InChI is InChI=1S/C30H39N3O3/c1-20-11-10-16-25-27(20)32-29(24-18-17-23(35-2)19-26(24)36-3)33(25)28(21-12-6-4-7-13-21)30(34)31-22-14-8-5-9-15-22/h10-11,16-19,21-22,28H,4-9,12-15H2,1-3H3,(H,31,34). The molecule has 6 heteroatoms. The Labute approximate surface area is 214 Å². The van der Waals surface area contributed by atoms with Crippen LogP contribution in [0.1, 0.15) is 75.8 Å². The van der Waals surface area contributed by atoms with Crippen LogP contribution in [0.25, 0.3) is 22.4 Å². The molecule has 2 aliphatic rings. The molecule has 3 aromatic rings. The van der Waals surface area contributed by atoms with Gasteiger partial charge in [0.05, 0.1) is 30.8 Å². The first kappa shape index (κ1) is 24.7. The molecule has 0 aliphatic heterocycles. The Bertz CT molecular complexity index is 1210. The molecule has 2 aromatic carbocycles. The summed E-state index contributed by atoms with van der Waals surface area (Å²) in [6.07, 6.45) is 11.5. The number of imidazole rings is 1. The fraction of sp³-hybridized carbons (Fsp3) is 0.533. The van der Waals surface area contributed by atoms with Gasteiger partial charge in [-0.1, -0.05) is 50.7 Å². The molecule has 2 fully saturated rings. The highest BCUT2D eigenvalue weighted by atomic mass is 16.5. The van der Waals surface area contributed by atoms with Gasteiger partial charge in [-0.2, -0.15) is 0 Å². The Morgan fingerprint density at radius 2 is 1.69 bits per heavy atom. The van der Waals surface area contributed by atoms with E-state index in [1.807, 2.05) is 18.2 Å². The zero-order chi connectivity index (χ0) is 25.1. The highest BCUT2D eigenvalue weighted by molar-refractivity contribution is 5.89. The Morgan fingerprint density at radius 3 is 2.39 bits per heavy atom. The third kappa shape index (κ3) is 4.82. The van der Waals surface area contributed by atoms with Crippen molar-refractivity contribution in [3.8, 4) is 22.9 Å². The van der Waals surface area contributed by atoms with E-state index in [4.69, 9.17) is 14.5 Å². The van der Waals surface area contributed by atoms with E-state index in [-0.39, 0.29) is 23.9 Å². The third-order valence-corrected chi connectivity index (χ3v) is 8.17. The van der Waals surface area contributed by atoms with Crippen LogP contribution in [0.2, 0.25) is 0 Å². The van der Waals surface area contributed by atoms with Crippen molar-refractivity contribution in [3.05, 3.63) is 42.0 Å². The van der Waals surface area contributed by atoms with Gasteiger partial charge in [0.15, 0.2) is 0 Å². The van der Waals surface area contributed by atoms with Crippen molar-refractivity contribution >= 4 is 16.9 Å². The molecule has 2 saturated carbocycles. The second-order valence-corrected chi connectivity index (χ2v) is 10.5. The zero-order valence-electron chi connectivity index (χ0n) is 21.9. The minimum atomic E-state index is -0.305. The molecule has 0 spiro atoms. The van der Waals surface area contributed by atoms with Crippen LogP contribution < -0.4 is 14.8 Å². The maximum absolute atomic E-state index is 14.2. The molecule has 2 aliphatic carbocycles. The number of amides is 1. The number of nitrogens with zero attached hydrogens (tertiary/aromatic N) is 2. The molecule has 0 bridgehead atoms. The number of hydrogen-bond donors (Lipinski definition) is 1. The number of rotatable bonds is 7. The van der Waals surface area contributed by atoms with Crippen molar-refractivity contribution in [1.29, 1.82) is 0 Å². The predicted molar refractivity (Wildman–Crippen MR) is 144 cm³/mol. The van der Waals surface area contributed by atoms with E-state index in [1.165, 1.54) is 38.5 Å². The van der Waals surface area contributed by atoms with Gasteiger partial charge in [0, 0.05) is 12.1 Å². The van der Waals surface area contributed by atoms with Crippen LogP contribution in [0.15, 0.2) is 36.4 Å². The average Bonchev–Trinajstić information content (AvgIpc) is 3.30. The van der Waals surface area contributed by atoms with Gasteiger partial charge < -0.3 is 19.4 Å². The lowest BCUT2D eigenvalue weighted by atomic mass is 9.82. The summed E-state index contributed by atoms with van der Waals surface area (Å²) in [4.78, 5) is 19.3. The van der Waals surface area contributed by atoms with Gasteiger partial charge in [0.2, 0.25) is 5.91 Å². The molecule has 0 radical (unpaired) electrons. The maximum atomic E-state index is 14.2. The normalized spacial score (nSPS) is 18.2. The zero-order valence-corrected chi connectivity index (χ0v) is 21.9. The number of hydrogen-bond acceptors (Lipinski definition) is 4. The SMILES string of the molecule is COc1ccc(-c2nc3c(C)cccc3n2C(C(=O)NC2CCCCC2)C2CCCCC2)c(OC)c1. The molecule has 5 rings (SSSR count). The van der Waals surface area contributed by atoms with Gasteiger partial charge in [0.1, 0.15) is 23.4 Å². The lowest BCUT2D eigenvalue weighted by molar-refractivity contribution is -0.127. The summed E-state index contributed by atoms with van der Waals surface area (Å²) < 4.78 is 13.5. The Hall–Kier alpha value is -3.02. The van der Waals surface area contributed by atoms with E-state index >= 15 is 0 Å². The molecule has 192 valence electrons. The summed E-state index contributed by atoms with van der Waals surface area (Å²) >= 11 is 0. The smallest absolute Gasteiger partial charge is 0.243 e. The number of aryl methyl sites for hydroxylation is 1. The fourth-order valence-corrected chi connectivity index (χ4v) is 6.24. The molecular weight excluding hydrogens is 450 g/mol. The molecule has 1 aromatic heterocycles. The maximum Gasteiger partial charge on any atom is 0.243 e. The second-order valence-electron chi connectivity index (χ2n) is 10.5. The van der Waals surface area contributed by atoms with Gasteiger partial charge in [0.25, 0.3) is 0 Å². The van der Waals surface area contributed by atoms with Crippen LogP contribution in [-0.2, 0) is 4.79 Å². The molecule has 1 unspecified atom stereocenters. The number of nitrogens with one attached hydrogen (secondary N) is 1. The third-order valence-electron chi connectivity index (χ3n) is 8.17. The lowest BCUT2D eigenvalue weighted by Crippen LogP contribution is -2.43. The van der Waals surface area contributed by atoms with E-state index in [2.05, 4.69) is 35.0 Å². The van der Waals surface area contributed by atoms with Crippen molar-refractivity contribution in [2.24, 2.45) is 5.92 Å². The van der Waals surface area contributed by atoms with E-state index in [1.54, 1.807) is 14.2 Å². The first-order chi connectivity index (χ1) is 17.6. The van der Waals surface area contributed by atoms with Crippen LogP contribution in [0, 0.1) is 12.8 Å². The fourth-order valence-electron chi connectivity index (χ4n) is 6.24. The number of para-hydroxylation sites is 1. The molecular formula is C30H39N3O3. The van der Waals surface area contributed by atoms with E-state index in [0.717, 1.165) is 59.4 Å². The minimum absolute atomic E-state index is 0.142. The summed E-state index contributed by atoms with van der Waals surface area (Å²) in [7, 11) is 3.33. The predicted octanol–water partition coefficient (Wildman–Crippen LogP) is 6.60. The van der Waals surface area contributed by atoms with Crippen LogP contribution in [0.5, 0.6) is 11.5 Å². The van der Waals surface area contributed by atoms with Crippen LogP contribution in [-0.4, -0.2) is 35.7 Å². The highest BCUT2D eigenvalue weighted by Crippen LogP contribution is 2.41. The van der Waals surface area contributed by atoms with Gasteiger partial charge in [-0.25, -0.2) is 4.98 Å². The number of aromatic nitrogens is 2. The first-order valence-corrected chi connectivity index (χ1v) is 13.6. The monoisotopic (exact) mass is 489 g/mol. The number of ether oxygens (including phenoxy) is 2. The number of carbonyl (C=O) groups is 1. The van der Waals surface area contributed by atoms with Gasteiger partial charge in [-0.05, 0) is 62.3 Å².